The minimum atomic E-state index is -3.79. The molecule has 4 N–H and O–H groups in total. The Kier molecular flexibility index (Phi) is 4.16. The molecule has 0 aliphatic rings. The molecule has 2 rings (SSSR count). The van der Waals surface area contributed by atoms with E-state index in [1.54, 1.807) is 19.1 Å². The lowest BCUT2D eigenvalue weighted by molar-refractivity contribution is 0.600. The lowest BCUT2D eigenvalue weighted by atomic mass is 10.4. The van der Waals surface area contributed by atoms with Gasteiger partial charge in [-0.25, -0.2) is 29.2 Å². The number of rotatable bonds is 4. The summed E-state index contributed by atoms with van der Waals surface area (Å²) >= 11 is 3.29. The van der Waals surface area contributed by atoms with E-state index in [0.717, 1.165) is 16.9 Å². The van der Waals surface area contributed by atoms with Gasteiger partial charge in [0.15, 0.2) is 0 Å². The summed E-state index contributed by atoms with van der Waals surface area (Å²) in [4.78, 5) is 11.5. The molecular formula is C10H11BrN6O2S. The van der Waals surface area contributed by atoms with Crippen molar-refractivity contribution in [3.8, 4) is 0 Å². The largest absolute Gasteiger partial charge is 0.292 e. The van der Waals surface area contributed by atoms with Crippen LogP contribution in [-0.4, -0.2) is 23.4 Å². The molecule has 0 aliphatic carbocycles. The number of hydrogen-bond donors (Lipinski definition) is 3. The summed E-state index contributed by atoms with van der Waals surface area (Å²) in [5, 5.41) is 0. The van der Waals surface area contributed by atoms with E-state index in [1.165, 1.54) is 0 Å². The van der Waals surface area contributed by atoms with Gasteiger partial charge in [0, 0.05) is 4.47 Å². The van der Waals surface area contributed by atoms with E-state index < -0.39 is 10.0 Å². The SMILES string of the molecule is Cc1nc(NS(=O)(=O)c2cnc(NN)nc2)ccc1Br. The maximum absolute atomic E-state index is 12.1. The quantitative estimate of drug-likeness (QED) is 0.550. The molecule has 2 aromatic heterocycles. The Balaban J connectivity index is 2.27. The molecule has 0 amide bonds. The fourth-order valence-electron chi connectivity index (χ4n) is 1.33. The first-order valence-corrected chi connectivity index (χ1v) is 7.64. The molecule has 0 atom stereocenters. The number of aromatic nitrogens is 3. The maximum atomic E-state index is 12.1. The van der Waals surface area contributed by atoms with Crippen LogP contribution < -0.4 is 16.0 Å². The van der Waals surface area contributed by atoms with Gasteiger partial charge in [-0.15, -0.1) is 0 Å². The topological polar surface area (TPSA) is 123 Å². The van der Waals surface area contributed by atoms with Crippen molar-refractivity contribution < 1.29 is 8.42 Å². The van der Waals surface area contributed by atoms with E-state index >= 15 is 0 Å². The zero-order valence-corrected chi connectivity index (χ0v) is 12.7. The summed E-state index contributed by atoms with van der Waals surface area (Å²) in [6.45, 7) is 1.76. The van der Waals surface area contributed by atoms with E-state index in [0.29, 0.717) is 5.69 Å². The Hall–Kier alpha value is -1.78. The van der Waals surface area contributed by atoms with Crippen LogP contribution in [-0.2, 0) is 10.0 Å². The first-order chi connectivity index (χ1) is 9.42. The molecule has 0 saturated heterocycles. The third kappa shape index (κ3) is 3.21. The summed E-state index contributed by atoms with van der Waals surface area (Å²) in [6, 6.07) is 3.25. The Bertz CT molecular complexity index is 719. The van der Waals surface area contributed by atoms with E-state index in [-0.39, 0.29) is 16.7 Å². The molecule has 0 bridgehead atoms. The Morgan fingerprint density at radius 2 is 1.90 bits per heavy atom. The third-order valence-electron chi connectivity index (χ3n) is 2.33. The van der Waals surface area contributed by atoms with Gasteiger partial charge >= 0.3 is 0 Å². The standard InChI is InChI=1S/C10H11BrN6O2S/c1-6-8(11)2-3-9(15-6)17-20(18,19)7-4-13-10(16-12)14-5-7/h2-5H,12H2,1H3,(H,15,17)(H,13,14,16). The van der Waals surface area contributed by atoms with Gasteiger partial charge in [0.05, 0.1) is 18.1 Å². The highest BCUT2D eigenvalue weighted by Gasteiger charge is 2.16. The fourth-order valence-corrected chi connectivity index (χ4v) is 2.44. The van der Waals surface area contributed by atoms with Crippen LogP contribution in [0.5, 0.6) is 0 Å². The van der Waals surface area contributed by atoms with E-state index in [4.69, 9.17) is 5.84 Å². The Morgan fingerprint density at radius 1 is 1.25 bits per heavy atom. The second-order valence-corrected chi connectivity index (χ2v) is 6.29. The smallest absolute Gasteiger partial charge is 0.266 e. The van der Waals surface area contributed by atoms with Crippen LogP contribution in [0.2, 0.25) is 0 Å². The molecule has 0 aromatic carbocycles. The fraction of sp³-hybridized carbons (Fsp3) is 0.100. The van der Waals surface area contributed by atoms with Gasteiger partial charge < -0.3 is 0 Å². The molecule has 106 valence electrons. The Morgan fingerprint density at radius 3 is 2.45 bits per heavy atom. The summed E-state index contributed by atoms with van der Waals surface area (Å²) < 4.78 is 27.3. The van der Waals surface area contributed by atoms with Crippen molar-refractivity contribution in [3.63, 3.8) is 0 Å². The van der Waals surface area contributed by atoms with Crippen LogP contribution in [0.25, 0.3) is 0 Å². The highest BCUT2D eigenvalue weighted by atomic mass is 79.9. The number of nitrogens with one attached hydrogen (secondary N) is 2. The van der Waals surface area contributed by atoms with Crippen LogP contribution in [0.1, 0.15) is 5.69 Å². The summed E-state index contributed by atoms with van der Waals surface area (Å²) in [5.41, 5.74) is 2.88. The minimum absolute atomic E-state index is 0.0844. The zero-order chi connectivity index (χ0) is 14.8. The summed E-state index contributed by atoms with van der Waals surface area (Å²) in [7, 11) is -3.79. The molecule has 2 heterocycles. The monoisotopic (exact) mass is 358 g/mol. The predicted octanol–water partition coefficient (Wildman–Crippen LogP) is 1.03. The number of pyridine rings is 1. The van der Waals surface area contributed by atoms with Crippen LogP contribution in [0.15, 0.2) is 33.9 Å². The van der Waals surface area contributed by atoms with Gasteiger partial charge in [0.1, 0.15) is 10.7 Å². The number of hydrazine groups is 1. The number of nitrogen functional groups attached to an aromatic ring is 1. The number of aryl methyl sites for hydroxylation is 1. The molecule has 20 heavy (non-hydrogen) atoms. The highest BCUT2D eigenvalue weighted by Crippen LogP contribution is 2.18. The van der Waals surface area contributed by atoms with Gasteiger partial charge in [-0.05, 0) is 35.0 Å². The van der Waals surface area contributed by atoms with Gasteiger partial charge in [-0.2, -0.15) is 0 Å². The van der Waals surface area contributed by atoms with E-state index in [9.17, 15) is 8.42 Å². The van der Waals surface area contributed by atoms with Gasteiger partial charge in [-0.3, -0.25) is 10.1 Å². The third-order valence-corrected chi connectivity index (χ3v) is 4.48. The summed E-state index contributed by atoms with van der Waals surface area (Å²) in [6.07, 6.45) is 2.30. The maximum Gasteiger partial charge on any atom is 0.266 e. The molecule has 0 spiro atoms. The van der Waals surface area contributed by atoms with Crippen LogP contribution >= 0.6 is 15.9 Å². The minimum Gasteiger partial charge on any atom is -0.292 e. The normalized spacial score (nSPS) is 11.2. The first-order valence-electron chi connectivity index (χ1n) is 5.37. The van der Waals surface area contributed by atoms with Crippen molar-refractivity contribution >= 4 is 37.7 Å². The van der Waals surface area contributed by atoms with Crippen LogP contribution in [0.4, 0.5) is 11.8 Å². The van der Waals surface area contributed by atoms with Crippen LogP contribution in [0, 0.1) is 6.92 Å². The summed E-state index contributed by atoms with van der Waals surface area (Å²) in [5.74, 6) is 5.45. The van der Waals surface area contributed by atoms with Crippen molar-refractivity contribution in [2.45, 2.75) is 11.8 Å². The molecule has 0 saturated carbocycles. The molecule has 2 aromatic rings. The van der Waals surface area contributed by atoms with Gasteiger partial charge in [0.25, 0.3) is 10.0 Å². The van der Waals surface area contributed by atoms with Crippen LogP contribution in [0.3, 0.4) is 0 Å². The van der Waals surface area contributed by atoms with Gasteiger partial charge in [-0.1, -0.05) is 0 Å². The molecule has 10 heteroatoms. The first kappa shape index (κ1) is 14.6. The molecule has 0 radical (unpaired) electrons. The molecule has 0 fully saturated rings. The molecule has 0 aliphatic heterocycles. The van der Waals surface area contributed by atoms with Crippen molar-refractivity contribution in [1.29, 1.82) is 0 Å². The second kappa shape index (κ2) is 5.69. The average Bonchev–Trinajstić information content (AvgIpc) is 2.43. The number of nitrogens with zero attached hydrogens (tertiary/aromatic N) is 3. The lowest BCUT2D eigenvalue weighted by Crippen LogP contribution is -2.16. The van der Waals surface area contributed by atoms with Crippen molar-refractivity contribution in [2.75, 3.05) is 10.1 Å². The van der Waals surface area contributed by atoms with Crippen molar-refractivity contribution in [1.82, 2.24) is 15.0 Å². The number of halogens is 1. The zero-order valence-electron chi connectivity index (χ0n) is 10.3. The predicted molar refractivity (Wildman–Crippen MR) is 77.3 cm³/mol. The van der Waals surface area contributed by atoms with Crippen molar-refractivity contribution in [2.24, 2.45) is 5.84 Å². The van der Waals surface area contributed by atoms with E-state index in [2.05, 4.69) is 41.0 Å². The number of nitrogens with two attached hydrogens (primary N) is 1. The average molecular weight is 359 g/mol. The van der Waals surface area contributed by atoms with Gasteiger partial charge in [0.2, 0.25) is 5.95 Å². The van der Waals surface area contributed by atoms with E-state index in [1.807, 2.05) is 0 Å². The number of anilines is 2. The molecular weight excluding hydrogens is 348 g/mol. The molecule has 0 unspecified atom stereocenters. The number of sulfonamides is 1. The number of hydrogen-bond acceptors (Lipinski definition) is 7. The Labute approximate surface area is 124 Å². The van der Waals surface area contributed by atoms with Crippen molar-refractivity contribution in [3.05, 3.63) is 34.7 Å². The molecule has 8 nitrogen and oxygen atoms in total. The second-order valence-electron chi connectivity index (χ2n) is 3.76. The lowest BCUT2D eigenvalue weighted by Gasteiger charge is -2.08. The highest BCUT2D eigenvalue weighted by molar-refractivity contribution is 9.10.